The van der Waals surface area contributed by atoms with Crippen LogP contribution in [0.25, 0.3) is 0 Å². The largest absolute Gasteiger partial charge is 0.319 e. The van der Waals surface area contributed by atoms with Crippen LogP contribution in [0, 0.1) is 5.41 Å². The van der Waals surface area contributed by atoms with E-state index in [4.69, 9.17) is 0 Å². The number of unbranched alkanes of at least 4 members (excludes halogenated alkanes) is 2. The molecule has 0 aromatic carbocycles. The molecular formula is C16H36N2. The Kier molecular flexibility index (Phi) is 10.8. The lowest BCUT2D eigenvalue weighted by molar-refractivity contribution is 0.148. The van der Waals surface area contributed by atoms with E-state index >= 15 is 0 Å². The maximum atomic E-state index is 3.38. The van der Waals surface area contributed by atoms with E-state index in [1.807, 2.05) is 0 Å². The number of nitrogens with one attached hydrogen (secondary N) is 1. The Morgan fingerprint density at radius 2 is 1.50 bits per heavy atom. The Balaban J connectivity index is 4.36. The van der Waals surface area contributed by atoms with Gasteiger partial charge in [-0.25, -0.2) is 0 Å². The summed E-state index contributed by atoms with van der Waals surface area (Å²) in [7, 11) is 2.08. The standard InChI is InChI=1S/C16H36N2/c1-6-9-12-18(13-10-7-2)15-16(4,11-8-3)14-17-5/h17H,6-15H2,1-5H3. The minimum atomic E-state index is 0.435. The van der Waals surface area contributed by atoms with Gasteiger partial charge < -0.3 is 10.2 Å². The van der Waals surface area contributed by atoms with E-state index in [2.05, 4.69) is 45.0 Å². The lowest BCUT2D eigenvalue weighted by atomic mass is 9.84. The minimum Gasteiger partial charge on any atom is -0.319 e. The molecule has 18 heavy (non-hydrogen) atoms. The number of hydrogen-bond donors (Lipinski definition) is 1. The van der Waals surface area contributed by atoms with Crippen molar-refractivity contribution in [1.29, 1.82) is 0 Å². The first-order valence-electron chi connectivity index (χ1n) is 7.98. The molecule has 0 fully saturated rings. The molecule has 2 nitrogen and oxygen atoms in total. The van der Waals surface area contributed by atoms with Crippen LogP contribution in [0.15, 0.2) is 0 Å². The second-order valence-electron chi connectivity index (χ2n) is 6.07. The van der Waals surface area contributed by atoms with Crippen molar-refractivity contribution in [2.45, 2.75) is 66.2 Å². The third-order valence-corrected chi connectivity index (χ3v) is 3.72. The van der Waals surface area contributed by atoms with Crippen molar-refractivity contribution >= 4 is 0 Å². The van der Waals surface area contributed by atoms with Crippen LogP contribution < -0.4 is 5.32 Å². The van der Waals surface area contributed by atoms with Crippen LogP contribution in [0.2, 0.25) is 0 Å². The fraction of sp³-hybridized carbons (Fsp3) is 1.00. The van der Waals surface area contributed by atoms with Crippen molar-refractivity contribution in [2.75, 3.05) is 33.2 Å². The summed E-state index contributed by atoms with van der Waals surface area (Å²) in [4.78, 5) is 2.69. The molecule has 0 amide bonds. The quantitative estimate of drug-likeness (QED) is 0.569. The van der Waals surface area contributed by atoms with Crippen LogP contribution in [-0.4, -0.2) is 38.1 Å². The first-order valence-corrected chi connectivity index (χ1v) is 7.98. The molecule has 0 radical (unpaired) electrons. The topological polar surface area (TPSA) is 15.3 Å². The number of rotatable bonds is 12. The monoisotopic (exact) mass is 256 g/mol. The predicted molar refractivity (Wildman–Crippen MR) is 83.2 cm³/mol. The van der Waals surface area contributed by atoms with E-state index in [0.717, 1.165) is 6.54 Å². The molecule has 0 saturated heterocycles. The van der Waals surface area contributed by atoms with Crippen LogP contribution in [-0.2, 0) is 0 Å². The molecular weight excluding hydrogens is 220 g/mol. The van der Waals surface area contributed by atoms with E-state index in [1.165, 1.54) is 58.2 Å². The normalized spacial score (nSPS) is 15.0. The third-order valence-electron chi connectivity index (χ3n) is 3.72. The Hall–Kier alpha value is -0.0800. The van der Waals surface area contributed by atoms with Crippen molar-refractivity contribution in [2.24, 2.45) is 5.41 Å². The molecule has 0 aliphatic heterocycles. The van der Waals surface area contributed by atoms with Gasteiger partial charge in [0, 0.05) is 13.1 Å². The van der Waals surface area contributed by atoms with E-state index in [1.54, 1.807) is 0 Å². The summed E-state index contributed by atoms with van der Waals surface area (Å²) >= 11 is 0. The second-order valence-corrected chi connectivity index (χ2v) is 6.07. The van der Waals surface area contributed by atoms with Crippen LogP contribution in [0.1, 0.15) is 66.2 Å². The summed E-state index contributed by atoms with van der Waals surface area (Å²) in [5.74, 6) is 0. The minimum absolute atomic E-state index is 0.435. The molecule has 0 aliphatic rings. The molecule has 0 heterocycles. The van der Waals surface area contributed by atoms with Gasteiger partial charge in [-0.1, -0.05) is 47.0 Å². The summed E-state index contributed by atoms with van der Waals surface area (Å²) in [6.45, 7) is 14.3. The average Bonchev–Trinajstić information content (AvgIpc) is 2.33. The summed E-state index contributed by atoms with van der Waals surface area (Å²) in [6.07, 6.45) is 7.89. The van der Waals surface area contributed by atoms with Crippen LogP contribution >= 0.6 is 0 Å². The Morgan fingerprint density at radius 3 is 1.89 bits per heavy atom. The van der Waals surface area contributed by atoms with E-state index < -0.39 is 0 Å². The van der Waals surface area contributed by atoms with Gasteiger partial charge in [0.1, 0.15) is 0 Å². The third kappa shape index (κ3) is 8.10. The van der Waals surface area contributed by atoms with E-state index in [0.29, 0.717) is 5.41 Å². The lowest BCUT2D eigenvalue weighted by Gasteiger charge is -2.35. The summed E-state index contributed by atoms with van der Waals surface area (Å²) in [6, 6.07) is 0. The lowest BCUT2D eigenvalue weighted by Crippen LogP contribution is -2.42. The number of nitrogens with zero attached hydrogens (tertiary/aromatic N) is 1. The van der Waals surface area contributed by atoms with Gasteiger partial charge in [0.25, 0.3) is 0 Å². The zero-order valence-electron chi connectivity index (χ0n) is 13.5. The number of hydrogen-bond acceptors (Lipinski definition) is 2. The molecule has 2 heteroatoms. The van der Waals surface area contributed by atoms with E-state index in [-0.39, 0.29) is 0 Å². The highest BCUT2D eigenvalue weighted by Gasteiger charge is 2.25. The highest BCUT2D eigenvalue weighted by atomic mass is 15.1. The van der Waals surface area contributed by atoms with Gasteiger partial charge >= 0.3 is 0 Å². The molecule has 110 valence electrons. The molecule has 0 aliphatic carbocycles. The van der Waals surface area contributed by atoms with Crippen molar-refractivity contribution < 1.29 is 0 Å². The summed E-state index contributed by atoms with van der Waals surface area (Å²) < 4.78 is 0. The van der Waals surface area contributed by atoms with Gasteiger partial charge in [0.15, 0.2) is 0 Å². The van der Waals surface area contributed by atoms with E-state index in [9.17, 15) is 0 Å². The Bertz CT molecular complexity index is 166. The zero-order chi connectivity index (χ0) is 13.9. The summed E-state index contributed by atoms with van der Waals surface area (Å²) in [5.41, 5.74) is 0.435. The molecule has 1 unspecified atom stereocenters. The van der Waals surface area contributed by atoms with Gasteiger partial charge in [-0.2, -0.15) is 0 Å². The van der Waals surface area contributed by atoms with Crippen LogP contribution in [0.3, 0.4) is 0 Å². The highest BCUT2D eigenvalue weighted by Crippen LogP contribution is 2.24. The van der Waals surface area contributed by atoms with Gasteiger partial charge in [0.05, 0.1) is 0 Å². The smallest absolute Gasteiger partial charge is 0.00475 e. The fourth-order valence-electron chi connectivity index (χ4n) is 2.83. The molecule has 0 bridgehead atoms. The zero-order valence-corrected chi connectivity index (χ0v) is 13.5. The van der Waals surface area contributed by atoms with Gasteiger partial charge in [-0.05, 0) is 44.8 Å². The van der Waals surface area contributed by atoms with Crippen molar-refractivity contribution in [3.8, 4) is 0 Å². The molecule has 1 atom stereocenters. The maximum absolute atomic E-state index is 3.38. The highest BCUT2D eigenvalue weighted by molar-refractivity contribution is 4.80. The molecule has 0 spiro atoms. The molecule has 0 rings (SSSR count). The Morgan fingerprint density at radius 1 is 0.944 bits per heavy atom. The SMILES string of the molecule is CCCCN(CCCC)CC(C)(CCC)CNC. The van der Waals surface area contributed by atoms with Crippen molar-refractivity contribution in [3.05, 3.63) is 0 Å². The van der Waals surface area contributed by atoms with Crippen LogP contribution in [0.4, 0.5) is 0 Å². The van der Waals surface area contributed by atoms with Crippen LogP contribution in [0.5, 0.6) is 0 Å². The predicted octanol–water partition coefficient (Wildman–Crippen LogP) is 3.91. The molecule has 0 saturated carbocycles. The molecule has 0 aromatic heterocycles. The second kappa shape index (κ2) is 10.8. The molecule has 1 N–H and O–H groups in total. The fourth-order valence-corrected chi connectivity index (χ4v) is 2.83. The Labute approximate surface area is 116 Å². The first-order chi connectivity index (χ1) is 8.61. The van der Waals surface area contributed by atoms with Gasteiger partial charge in [-0.3, -0.25) is 0 Å². The van der Waals surface area contributed by atoms with Crippen molar-refractivity contribution in [1.82, 2.24) is 10.2 Å². The van der Waals surface area contributed by atoms with Crippen molar-refractivity contribution in [3.63, 3.8) is 0 Å². The maximum Gasteiger partial charge on any atom is 0.00475 e. The van der Waals surface area contributed by atoms with Gasteiger partial charge in [0.2, 0.25) is 0 Å². The molecule has 0 aromatic rings. The average molecular weight is 256 g/mol. The first kappa shape index (κ1) is 17.9. The summed E-state index contributed by atoms with van der Waals surface area (Å²) in [5, 5.41) is 3.38. The van der Waals surface area contributed by atoms with Gasteiger partial charge in [-0.15, -0.1) is 0 Å².